The number of nitrogens with zero attached hydrogens (tertiary/aromatic N) is 2. The number of imidazole rings is 1. The van der Waals surface area contributed by atoms with E-state index in [0.717, 1.165) is 28.1 Å². The minimum atomic E-state index is -0.298. The first kappa shape index (κ1) is 18.4. The number of nitrogens with one attached hydrogen (secondary N) is 2. The molecule has 0 bridgehead atoms. The molecule has 136 valence electrons. The van der Waals surface area contributed by atoms with E-state index in [1.54, 1.807) is 0 Å². The second kappa shape index (κ2) is 7.86. The summed E-state index contributed by atoms with van der Waals surface area (Å²) in [7, 11) is 2.01. The Bertz CT molecular complexity index is 902. The lowest BCUT2D eigenvalue weighted by Crippen LogP contribution is -2.48. The Morgan fingerprint density at radius 3 is 2.69 bits per heavy atom. The maximum Gasteiger partial charge on any atom is 0.243 e. The van der Waals surface area contributed by atoms with Crippen molar-refractivity contribution in [2.45, 2.75) is 6.04 Å². The maximum absolute atomic E-state index is 12.2. The molecule has 7 heteroatoms. The van der Waals surface area contributed by atoms with Crippen molar-refractivity contribution in [1.29, 1.82) is 0 Å². The Hall–Kier alpha value is -2.41. The highest BCUT2D eigenvalue weighted by atomic mass is 35.5. The molecule has 1 aliphatic heterocycles. The van der Waals surface area contributed by atoms with Crippen molar-refractivity contribution in [3.63, 3.8) is 0 Å². The van der Waals surface area contributed by atoms with Crippen molar-refractivity contribution in [2.24, 2.45) is 7.05 Å². The van der Waals surface area contributed by atoms with E-state index in [1.807, 2.05) is 49.5 Å². The van der Waals surface area contributed by atoms with E-state index < -0.39 is 0 Å². The number of carbonyl (C=O) groups is 1. The third-order valence-corrected chi connectivity index (χ3v) is 4.44. The number of benzene rings is 2. The number of halogens is 1. The summed E-state index contributed by atoms with van der Waals surface area (Å²) in [6.07, 6.45) is 0. The fourth-order valence-corrected chi connectivity index (χ4v) is 3.07. The molecule has 1 fully saturated rings. The molecule has 1 atom stereocenters. The molecule has 1 amide bonds. The van der Waals surface area contributed by atoms with Crippen molar-refractivity contribution < 1.29 is 9.53 Å². The molecule has 1 saturated heterocycles. The monoisotopic (exact) mass is 372 g/mol. The first-order valence-corrected chi connectivity index (χ1v) is 8.36. The Labute approximate surface area is 158 Å². The Kier molecular flexibility index (Phi) is 5.56. The Morgan fingerprint density at radius 1 is 1.23 bits per heavy atom. The Morgan fingerprint density at radius 2 is 2.00 bits per heavy atom. The minimum Gasteiger partial charge on any atom is -0.378 e. The zero-order valence-corrected chi connectivity index (χ0v) is 15.3. The van der Waals surface area contributed by atoms with Gasteiger partial charge in [-0.25, -0.2) is 4.98 Å². The van der Waals surface area contributed by atoms with Crippen LogP contribution in [0.4, 0.5) is 5.69 Å². The summed E-state index contributed by atoms with van der Waals surface area (Å²) in [4.78, 5) is 16.9. The number of amides is 1. The average molecular weight is 373 g/mol. The van der Waals surface area contributed by atoms with Crippen LogP contribution in [0.2, 0.25) is 0 Å². The highest BCUT2D eigenvalue weighted by molar-refractivity contribution is 5.95. The van der Waals surface area contributed by atoms with Crippen LogP contribution in [0.25, 0.3) is 22.4 Å². The standard InChI is InChI=1S/C19H20N4O2.ClH/c1-23-17-5-3-2-4-15(17)22-18(23)13-6-8-14(9-7-13)21-19(24)16-12-25-11-10-20-16;/h2-9,16,20H,10-12H2,1H3,(H,21,24);1H. The van der Waals surface area contributed by atoms with Crippen LogP contribution in [-0.2, 0) is 16.6 Å². The van der Waals surface area contributed by atoms with E-state index in [0.29, 0.717) is 19.8 Å². The van der Waals surface area contributed by atoms with Gasteiger partial charge in [0.05, 0.1) is 24.2 Å². The number of rotatable bonds is 3. The second-order valence-corrected chi connectivity index (χ2v) is 6.13. The number of aromatic nitrogens is 2. The van der Waals surface area contributed by atoms with Gasteiger partial charge < -0.3 is 19.9 Å². The molecular weight excluding hydrogens is 352 g/mol. The molecule has 0 saturated carbocycles. The minimum absolute atomic E-state index is 0. The van der Waals surface area contributed by atoms with Crippen molar-refractivity contribution in [3.05, 3.63) is 48.5 Å². The summed E-state index contributed by atoms with van der Waals surface area (Å²) in [6.45, 7) is 1.75. The molecule has 1 aliphatic rings. The summed E-state index contributed by atoms with van der Waals surface area (Å²) in [5, 5.41) is 6.07. The molecule has 2 heterocycles. The molecule has 26 heavy (non-hydrogen) atoms. The number of carbonyl (C=O) groups excluding carboxylic acids is 1. The van der Waals surface area contributed by atoms with Gasteiger partial charge in [0.1, 0.15) is 11.9 Å². The van der Waals surface area contributed by atoms with Crippen LogP contribution >= 0.6 is 12.4 Å². The number of aryl methyl sites for hydroxylation is 1. The van der Waals surface area contributed by atoms with Gasteiger partial charge in [0.25, 0.3) is 0 Å². The first-order chi connectivity index (χ1) is 12.2. The number of hydrogen-bond acceptors (Lipinski definition) is 4. The third-order valence-electron chi connectivity index (χ3n) is 4.44. The van der Waals surface area contributed by atoms with Crippen LogP contribution in [-0.4, -0.2) is 41.3 Å². The quantitative estimate of drug-likeness (QED) is 0.741. The average Bonchev–Trinajstić information content (AvgIpc) is 3.00. The fourth-order valence-electron chi connectivity index (χ4n) is 3.07. The second-order valence-electron chi connectivity index (χ2n) is 6.13. The van der Waals surface area contributed by atoms with Crippen molar-refractivity contribution in [1.82, 2.24) is 14.9 Å². The summed E-state index contributed by atoms with van der Waals surface area (Å²) >= 11 is 0. The number of para-hydroxylation sites is 2. The van der Waals surface area contributed by atoms with Gasteiger partial charge in [-0.3, -0.25) is 4.79 Å². The molecule has 0 aliphatic carbocycles. The number of ether oxygens (including phenoxy) is 1. The van der Waals surface area contributed by atoms with Gasteiger partial charge in [-0.1, -0.05) is 12.1 Å². The number of fused-ring (bicyclic) bond motifs is 1. The highest BCUT2D eigenvalue weighted by Crippen LogP contribution is 2.24. The van der Waals surface area contributed by atoms with Gasteiger partial charge in [0.2, 0.25) is 5.91 Å². The first-order valence-electron chi connectivity index (χ1n) is 8.36. The highest BCUT2D eigenvalue weighted by Gasteiger charge is 2.21. The van der Waals surface area contributed by atoms with E-state index in [1.165, 1.54) is 0 Å². The topological polar surface area (TPSA) is 68.2 Å². The van der Waals surface area contributed by atoms with E-state index in [4.69, 9.17) is 9.72 Å². The molecule has 0 spiro atoms. The molecule has 0 radical (unpaired) electrons. The molecule has 6 nitrogen and oxygen atoms in total. The zero-order chi connectivity index (χ0) is 17.2. The smallest absolute Gasteiger partial charge is 0.243 e. The third kappa shape index (κ3) is 3.58. The van der Waals surface area contributed by atoms with Crippen LogP contribution < -0.4 is 10.6 Å². The van der Waals surface area contributed by atoms with Gasteiger partial charge in [-0.2, -0.15) is 0 Å². The molecule has 3 aromatic rings. The largest absolute Gasteiger partial charge is 0.378 e. The summed E-state index contributed by atoms with van der Waals surface area (Å²) in [5.74, 6) is 0.830. The lowest BCUT2D eigenvalue weighted by atomic mass is 10.2. The van der Waals surface area contributed by atoms with E-state index in [9.17, 15) is 4.79 Å². The fraction of sp³-hybridized carbons (Fsp3) is 0.263. The van der Waals surface area contributed by atoms with Crippen molar-refractivity contribution >= 4 is 35.0 Å². The molecule has 1 unspecified atom stereocenters. The van der Waals surface area contributed by atoms with Crippen molar-refractivity contribution in [3.8, 4) is 11.4 Å². The van der Waals surface area contributed by atoms with Crippen LogP contribution in [0.1, 0.15) is 0 Å². The molecule has 2 N–H and O–H groups in total. The van der Waals surface area contributed by atoms with Gasteiger partial charge in [0, 0.05) is 24.8 Å². The number of morpholine rings is 1. The van der Waals surface area contributed by atoms with Crippen LogP contribution in [0, 0.1) is 0 Å². The molecular formula is C19H21ClN4O2. The molecule has 2 aromatic carbocycles. The summed E-state index contributed by atoms with van der Waals surface area (Å²) < 4.78 is 7.40. The number of hydrogen-bond donors (Lipinski definition) is 2. The Balaban J connectivity index is 0.00000196. The van der Waals surface area contributed by atoms with Gasteiger partial charge in [0.15, 0.2) is 0 Å². The van der Waals surface area contributed by atoms with Gasteiger partial charge in [-0.05, 0) is 36.4 Å². The van der Waals surface area contributed by atoms with Gasteiger partial charge >= 0.3 is 0 Å². The molecule has 1 aromatic heterocycles. The zero-order valence-electron chi connectivity index (χ0n) is 14.4. The normalized spacial score (nSPS) is 16.9. The van der Waals surface area contributed by atoms with E-state index in [-0.39, 0.29) is 24.4 Å². The van der Waals surface area contributed by atoms with E-state index >= 15 is 0 Å². The van der Waals surface area contributed by atoms with Crippen molar-refractivity contribution in [2.75, 3.05) is 25.1 Å². The lowest BCUT2D eigenvalue weighted by molar-refractivity contribution is -0.120. The molecule has 4 rings (SSSR count). The van der Waals surface area contributed by atoms with Gasteiger partial charge in [-0.15, -0.1) is 12.4 Å². The van der Waals surface area contributed by atoms with Crippen LogP contribution in [0.15, 0.2) is 48.5 Å². The van der Waals surface area contributed by atoms with Crippen LogP contribution in [0.3, 0.4) is 0 Å². The van der Waals surface area contributed by atoms with E-state index in [2.05, 4.69) is 21.3 Å². The summed E-state index contributed by atoms with van der Waals surface area (Å²) in [5.41, 5.74) is 3.84. The maximum atomic E-state index is 12.2. The summed E-state index contributed by atoms with van der Waals surface area (Å²) in [6, 6.07) is 15.5. The predicted molar refractivity (Wildman–Crippen MR) is 105 cm³/mol. The van der Waals surface area contributed by atoms with Crippen LogP contribution in [0.5, 0.6) is 0 Å². The predicted octanol–water partition coefficient (Wildman–Crippen LogP) is 2.59. The lowest BCUT2D eigenvalue weighted by Gasteiger charge is -2.22. The number of anilines is 1. The SMILES string of the molecule is Cl.Cn1c(-c2ccc(NC(=O)C3COCCN3)cc2)nc2ccccc21.